The van der Waals surface area contributed by atoms with E-state index < -0.39 is 0 Å². The van der Waals surface area contributed by atoms with Gasteiger partial charge in [-0.3, -0.25) is 0 Å². The van der Waals surface area contributed by atoms with E-state index in [0.29, 0.717) is 11.8 Å². The Hall–Kier alpha value is -0.540. The summed E-state index contributed by atoms with van der Waals surface area (Å²) >= 11 is 3.41. The zero-order valence-electron chi connectivity index (χ0n) is 8.13. The molecule has 0 aliphatic heterocycles. The highest BCUT2D eigenvalue weighted by molar-refractivity contribution is 9.10. The summed E-state index contributed by atoms with van der Waals surface area (Å²) in [5.74, 6) is 0.369. The molecule has 1 saturated carbocycles. The van der Waals surface area contributed by atoms with Crippen LogP contribution in [0.4, 0.5) is 0 Å². The first-order chi connectivity index (χ1) is 6.66. The van der Waals surface area contributed by atoms with Crippen LogP contribution < -0.4 is 5.32 Å². The van der Waals surface area contributed by atoms with Crippen LogP contribution in [0, 0.1) is 0 Å². The number of aromatic hydroxyl groups is 1. The molecule has 0 amide bonds. The summed E-state index contributed by atoms with van der Waals surface area (Å²) in [6, 6.07) is 6.42. The Morgan fingerprint density at radius 2 is 2.21 bits per heavy atom. The lowest BCUT2D eigenvalue weighted by molar-refractivity contribution is 0.452. The van der Waals surface area contributed by atoms with E-state index in [1.807, 2.05) is 12.1 Å². The molecule has 1 aliphatic carbocycles. The average molecular weight is 256 g/mol. The minimum atomic E-state index is 0.222. The molecule has 0 radical (unpaired) electrons. The molecule has 76 valence electrons. The minimum Gasteiger partial charge on any atom is -0.508 e. The van der Waals surface area contributed by atoms with Gasteiger partial charge in [-0.05, 0) is 38.0 Å². The Morgan fingerprint density at radius 1 is 1.50 bits per heavy atom. The first-order valence-corrected chi connectivity index (χ1v) is 5.70. The van der Waals surface area contributed by atoms with Crippen LogP contribution in [0.3, 0.4) is 0 Å². The molecule has 14 heavy (non-hydrogen) atoms. The van der Waals surface area contributed by atoms with Gasteiger partial charge in [-0.1, -0.05) is 15.9 Å². The van der Waals surface area contributed by atoms with E-state index in [-0.39, 0.29) is 6.04 Å². The number of hydrogen-bond donors (Lipinski definition) is 2. The predicted octanol–water partition coefficient (Wildman–Crippen LogP) is 2.97. The van der Waals surface area contributed by atoms with Crippen LogP contribution in [-0.2, 0) is 0 Å². The van der Waals surface area contributed by atoms with Crippen molar-refractivity contribution in [2.45, 2.75) is 31.8 Å². The van der Waals surface area contributed by atoms with Crippen LogP contribution in [0.1, 0.15) is 31.4 Å². The van der Waals surface area contributed by atoms with E-state index in [1.165, 1.54) is 12.8 Å². The summed E-state index contributed by atoms with van der Waals surface area (Å²) < 4.78 is 1.01. The van der Waals surface area contributed by atoms with Crippen LogP contribution in [0.5, 0.6) is 5.75 Å². The number of hydrogen-bond acceptors (Lipinski definition) is 2. The predicted molar refractivity (Wildman–Crippen MR) is 60.4 cm³/mol. The summed E-state index contributed by atoms with van der Waals surface area (Å²) in [5.41, 5.74) is 0.964. The van der Waals surface area contributed by atoms with E-state index in [1.54, 1.807) is 6.07 Å². The first kappa shape index (κ1) is 9.99. The molecule has 0 spiro atoms. The van der Waals surface area contributed by atoms with E-state index in [9.17, 15) is 5.11 Å². The van der Waals surface area contributed by atoms with Crippen LogP contribution in [0.2, 0.25) is 0 Å². The first-order valence-electron chi connectivity index (χ1n) is 4.91. The van der Waals surface area contributed by atoms with Crippen molar-refractivity contribution in [3.8, 4) is 5.75 Å². The maximum atomic E-state index is 9.68. The number of rotatable bonds is 3. The normalized spacial score (nSPS) is 18.1. The summed E-state index contributed by atoms with van der Waals surface area (Å²) in [5, 5.41) is 13.1. The SMILES string of the molecule is CC(NC1CC1)c1cc(Br)ccc1O. The summed E-state index contributed by atoms with van der Waals surface area (Å²) in [6.45, 7) is 2.08. The standard InChI is InChI=1S/C11H14BrNO/c1-7(13-9-3-4-9)10-6-8(12)2-5-11(10)14/h2,5-7,9,13-14H,3-4H2,1H3. The van der Waals surface area contributed by atoms with Gasteiger partial charge in [0.05, 0.1) is 0 Å². The molecule has 2 rings (SSSR count). The lowest BCUT2D eigenvalue weighted by Crippen LogP contribution is -2.20. The zero-order valence-corrected chi connectivity index (χ0v) is 9.71. The van der Waals surface area contributed by atoms with Crippen molar-refractivity contribution in [3.63, 3.8) is 0 Å². The Balaban J connectivity index is 2.15. The molecule has 3 heteroatoms. The van der Waals surface area contributed by atoms with Gasteiger partial charge in [-0.2, -0.15) is 0 Å². The van der Waals surface area contributed by atoms with Crippen molar-refractivity contribution in [3.05, 3.63) is 28.2 Å². The fourth-order valence-corrected chi connectivity index (χ4v) is 1.94. The van der Waals surface area contributed by atoms with Gasteiger partial charge in [0.15, 0.2) is 0 Å². The van der Waals surface area contributed by atoms with E-state index in [0.717, 1.165) is 10.0 Å². The van der Waals surface area contributed by atoms with Crippen molar-refractivity contribution < 1.29 is 5.11 Å². The second-order valence-electron chi connectivity index (χ2n) is 3.87. The molecule has 1 atom stereocenters. The monoisotopic (exact) mass is 255 g/mol. The molecule has 0 saturated heterocycles. The topological polar surface area (TPSA) is 32.3 Å². The third-order valence-corrected chi connectivity index (χ3v) is 3.01. The third-order valence-electron chi connectivity index (χ3n) is 2.52. The van der Waals surface area contributed by atoms with Gasteiger partial charge in [0.1, 0.15) is 5.75 Å². The number of phenols is 1. The molecule has 1 unspecified atom stereocenters. The molecule has 2 N–H and O–H groups in total. The Labute approximate surface area is 92.5 Å². The average Bonchev–Trinajstić information content (AvgIpc) is 2.93. The smallest absolute Gasteiger partial charge is 0.120 e. The van der Waals surface area contributed by atoms with Gasteiger partial charge >= 0.3 is 0 Å². The number of halogens is 1. The van der Waals surface area contributed by atoms with Crippen molar-refractivity contribution in [2.75, 3.05) is 0 Å². The van der Waals surface area contributed by atoms with Gasteiger partial charge in [0.25, 0.3) is 0 Å². The second-order valence-corrected chi connectivity index (χ2v) is 4.78. The molecule has 0 heterocycles. The van der Waals surface area contributed by atoms with Crippen LogP contribution >= 0.6 is 15.9 Å². The third kappa shape index (κ3) is 2.28. The number of phenolic OH excluding ortho intramolecular Hbond substituents is 1. The molecular formula is C11H14BrNO. The zero-order chi connectivity index (χ0) is 10.1. The Kier molecular flexibility index (Phi) is 2.79. The second kappa shape index (κ2) is 3.91. The van der Waals surface area contributed by atoms with Crippen molar-refractivity contribution >= 4 is 15.9 Å². The molecule has 1 aromatic rings. The van der Waals surface area contributed by atoms with Gasteiger partial charge in [0, 0.05) is 22.1 Å². The maximum absolute atomic E-state index is 9.68. The van der Waals surface area contributed by atoms with E-state index >= 15 is 0 Å². The molecule has 1 aliphatic rings. The molecule has 0 aromatic heterocycles. The molecule has 0 bridgehead atoms. The molecule has 1 aromatic carbocycles. The molecular weight excluding hydrogens is 242 g/mol. The number of benzene rings is 1. The largest absolute Gasteiger partial charge is 0.508 e. The summed E-state index contributed by atoms with van der Waals surface area (Å²) in [6.07, 6.45) is 2.53. The lowest BCUT2D eigenvalue weighted by Gasteiger charge is -2.15. The Bertz CT molecular complexity index is 336. The summed E-state index contributed by atoms with van der Waals surface area (Å²) in [4.78, 5) is 0. The molecule has 2 nitrogen and oxygen atoms in total. The van der Waals surface area contributed by atoms with E-state index in [2.05, 4.69) is 28.2 Å². The Morgan fingerprint density at radius 3 is 2.86 bits per heavy atom. The van der Waals surface area contributed by atoms with Crippen molar-refractivity contribution in [1.82, 2.24) is 5.32 Å². The van der Waals surface area contributed by atoms with Crippen LogP contribution in [-0.4, -0.2) is 11.1 Å². The quantitative estimate of drug-likeness (QED) is 0.871. The van der Waals surface area contributed by atoms with Gasteiger partial charge in [0.2, 0.25) is 0 Å². The van der Waals surface area contributed by atoms with Crippen LogP contribution in [0.15, 0.2) is 22.7 Å². The van der Waals surface area contributed by atoms with Gasteiger partial charge in [-0.25, -0.2) is 0 Å². The lowest BCUT2D eigenvalue weighted by atomic mass is 10.1. The highest BCUT2D eigenvalue weighted by Crippen LogP contribution is 2.30. The summed E-state index contributed by atoms with van der Waals surface area (Å²) in [7, 11) is 0. The fourth-order valence-electron chi connectivity index (χ4n) is 1.57. The number of nitrogens with one attached hydrogen (secondary N) is 1. The fraction of sp³-hybridized carbons (Fsp3) is 0.455. The highest BCUT2D eigenvalue weighted by atomic mass is 79.9. The van der Waals surface area contributed by atoms with Crippen molar-refractivity contribution in [1.29, 1.82) is 0 Å². The van der Waals surface area contributed by atoms with Crippen LogP contribution in [0.25, 0.3) is 0 Å². The van der Waals surface area contributed by atoms with Gasteiger partial charge < -0.3 is 10.4 Å². The minimum absolute atomic E-state index is 0.222. The van der Waals surface area contributed by atoms with Crippen molar-refractivity contribution in [2.24, 2.45) is 0 Å². The highest BCUT2D eigenvalue weighted by Gasteiger charge is 2.24. The molecule has 1 fully saturated rings. The van der Waals surface area contributed by atoms with E-state index in [4.69, 9.17) is 0 Å². The van der Waals surface area contributed by atoms with Gasteiger partial charge in [-0.15, -0.1) is 0 Å². The maximum Gasteiger partial charge on any atom is 0.120 e.